The van der Waals surface area contributed by atoms with Crippen LogP contribution in [-0.2, 0) is 4.79 Å². The van der Waals surface area contributed by atoms with E-state index in [2.05, 4.69) is 25.6 Å². The van der Waals surface area contributed by atoms with Crippen molar-refractivity contribution in [2.45, 2.75) is 13.0 Å². The Hall–Kier alpha value is -2.74. The molecule has 0 spiro atoms. The van der Waals surface area contributed by atoms with Gasteiger partial charge in [-0.3, -0.25) is 4.79 Å². The number of thiazole rings is 1. The first-order valence-electron chi connectivity index (χ1n) is 6.61. The minimum absolute atomic E-state index is 0.343. The van der Waals surface area contributed by atoms with Crippen LogP contribution in [0, 0.1) is 0 Å². The highest BCUT2D eigenvalue weighted by atomic mass is 32.1. The molecule has 3 aromatic rings. The normalized spacial score (nSPS) is 12.0. The number of hydrogen-bond donors (Lipinski definition) is 3. The van der Waals surface area contributed by atoms with Gasteiger partial charge in [-0.15, -0.1) is 11.3 Å². The second-order valence-electron chi connectivity index (χ2n) is 4.69. The highest BCUT2D eigenvalue weighted by Crippen LogP contribution is 2.23. The summed E-state index contributed by atoms with van der Waals surface area (Å²) in [4.78, 5) is 23.7. The van der Waals surface area contributed by atoms with Gasteiger partial charge in [-0.1, -0.05) is 0 Å². The quantitative estimate of drug-likeness (QED) is 0.666. The summed E-state index contributed by atoms with van der Waals surface area (Å²) in [5.74, 6) is 0.505. The Morgan fingerprint density at radius 3 is 3.00 bits per heavy atom. The molecule has 0 saturated carbocycles. The van der Waals surface area contributed by atoms with Gasteiger partial charge in [0.2, 0.25) is 11.9 Å². The number of rotatable bonds is 5. The molecule has 4 N–H and O–H groups in total. The van der Waals surface area contributed by atoms with Gasteiger partial charge in [-0.25, -0.2) is 9.97 Å². The van der Waals surface area contributed by atoms with E-state index in [0.717, 1.165) is 15.9 Å². The smallest absolute Gasteiger partial charge is 0.239 e. The van der Waals surface area contributed by atoms with Crippen molar-refractivity contribution in [3.05, 3.63) is 36.0 Å². The SMILES string of the molecule is C[C@@H](Nc1nccc(Nc2ccc3ncsc3c2)n1)C(N)=O. The number of nitrogens with zero attached hydrogens (tertiary/aromatic N) is 3. The van der Waals surface area contributed by atoms with E-state index in [9.17, 15) is 4.79 Å². The van der Waals surface area contributed by atoms with E-state index in [0.29, 0.717) is 11.8 Å². The van der Waals surface area contributed by atoms with Gasteiger partial charge >= 0.3 is 0 Å². The zero-order chi connectivity index (χ0) is 15.5. The topological polar surface area (TPSA) is 106 Å². The highest BCUT2D eigenvalue weighted by Gasteiger charge is 2.10. The van der Waals surface area contributed by atoms with Crippen molar-refractivity contribution in [1.29, 1.82) is 0 Å². The van der Waals surface area contributed by atoms with E-state index < -0.39 is 11.9 Å². The molecule has 112 valence electrons. The molecule has 1 amide bonds. The Morgan fingerprint density at radius 1 is 1.32 bits per heavy atom. The first kappa shape index (κ1) is 14.2. The summed E-state index contributed by atoms with van der Waals surface area (Å²) in [6, 6.07) is 7.10. The zero-order valence-corrected chi connectivity index (χ0v) is 12.6. The Labute approximate surface area is 130 Å². The lowest BCUT2D eigenvalue weighted by molar-refractivity contribution is -0.118. The van der Waals surface area contributed by atoms with Crippen molar-refractivity contribution < 1.29 is 4.79 Å². The van der Waals surface area contributed by atoms with Gasteiger partial charge < -0.3 is 16.4 Å². The van der Waals surface area contributed by atoms with Crippen molar-refractivity contribution in [3.63, 3.8) is 0 Å². The van der Waals surface area contributed by atoms with Crippen LogP contribution >= 0.6 is 11.3 Å². The maximum absolute atomic E-state index is 11.1. The number of nitrogens with one attached hydrogen (secondary N) is 2. The lowest BCUT2D eigenvalue weighted by Gasteiger charge is -2.11. The van der Waals surface area contributed by atoms with E-state index in [4.69, 9.17) is 5.73 Å². The minimum atomic E-state index is -0.538. The number of benzene rings is 1. The summed E-state index contributed by atoms with van der Waals surface area (Å²) in [5.41, 5.74) is 8.90. The molecular weight excluding hydrogens is 300 g/mol. The van der Waals surface area contributed by atoms with Crippen molar-refractivity contribution in [2.24, 2.45) is 5.73 Å². The van der Waals surface area contributed by atoms with Gasteiger partial charge in [0, 0.05) is 11.9 Å². The molecule has 0 saturated heterocycles. The molecule has 0 aliphatic carbocycles. The number of fused-ring (bicyclic) bond motifs is 1. The Kier molecular flexibility index (Phi) is 3.84. The summed E-state index contributed by atoms with van der Waals surface area (Å²) >= 11 is 1.58. The van der Waals surface area contributed by atoms with Crippen LogP contribution in [0.2, 0.25) is 0 Å². The Bertz CT molecular complexity index is 818. The minimum Gasteiger partial charge on any atom is -0.368 e. The molecule has 1 aromatic carbocycles. The second kappa shape index (κ2) is 5.94. The van der Waals surface area contributed by atoms with Crippen LogP contribution < -0.4 is 16.4 Å². The van der Waals surface area contributed by atoms with E-state index in [1.165, 1.54) is 0 Å². The van der Waals surface area contributed by atoms with Crippen LogP contribution in [0.3, 0.4) is 0 Å². The number of anilines is 3. The lowest BCUT2D eigenvalue weighted by atomic mass is 10.3. The predicted molar refractivity (Wildman–Crippen MR) is 87.2 cm³/mol. The molecule has 0 radical (unpaired) electrons. The van der Waals surface area contributed by atoms with Crippen LogP contribution in [0.4, 0.5) is 17.5 Å². The molecule has 0 fully saturated rings. The third kappa shape index (κ3) is 3.12. The standard InChI is InChI=1S/C14H14N6OS/c1-8(13(15)21)18-14-16-5-4-12(20-14)19-9-2-3-10-11(6-9)22-7-17-10/h2-8H,1H3,(H2,15,21)(H2,16,18,19,20)/t8-/m1/s1. The van der Waals surface area contributed by atoms with Crippen molar-refractivity contribution in [1.82, 2.24) is 15.0 Å². The maximum Gasteiger partial charge on any atom is 0.239 e. The Balaban J connectivity index is 1.78. The molecule has 3 rings (SSSR count). The number of carbonyl (C=O) groups excluding carboxylic acids is 1. The van der Waals surface area contributed by atoms with E-state index >= 15 is 0 Å². The van der Waals surface area contributed by atoms with Gasteiger partial charge in [0.15, 0.2) is 0 Å². The predicted octanol–water partition coefficient (Wildman–Crippen LogP) is 2.12. The summed E-state index contributed by atoms with van der Waals surface area (Å²) in [7, 11) is 0. The van der Waals surface area contributed by atoms with Gasteiger partial charge in [-0.2, -0.15) is 4.98 Å². The van der Waals surface area contributed by atoms with Gasteiger partial charge in [0.1, 0.15) is 11.9 Å². The number of nitrogens with two attached hydrogens (primary N) is 1. The number of aromatic nitrogens is 3. The summed E-state index contributed by atoms with van der Waals surface area (Å²) in [6.07, 6.45) is 1.61. The van der Waals surface area contributed by atoms with Crippen molar-refractivity contribution in [3.8, 4) is 0 Å². The molecule has 0 aliphatic rings. The molecule has 22 heavy (non-hydrogen) atoms. The van der Waals surface area contributed by atoms with E-state index in [1.54, 1.807) is 30.5 Å². The summed E-state index contributed by atoms with van der Waals surface area (Å²) in [5, 5.41) is 6.05. The van der Waals surface area contributed by atoms with Gasteiger partial charge in [-0.05, 0) is 31.2 Å². The third-order valence-electron chi connectivity index (χ3n) is 3.03. The molecule has 8 heteroatoms. The highest BCUT2D eigenvalue weighted by molar-refractivity contribution is 7.16. The fourth-order valence-corrected chi connectivity index (χ4v) is 2.56. The molecule has 0 unspecified atom stereocenters. The average Bonchev–Trinajstić information content (AvgIpc) is 2.95. The first-order valence-corrected chi connectivity index (χ1v) is 7.49. The van der Waals surface area contributed by atoms with E-state index in [1.807, 2.05) is 23.7 Å². The fraction of sp³-hybridized carbons (Fsp3) is 0.143. The van der Waals surface area contributed by atoms with Crippen LogP contribution in [-0.4, -0.2) is 26.9 Å². The number of primary amides is 1. The van der Waals surface area contributed by atoms with Crippen LogP contribution in [0.5, 0.6) is 0 Å². The molecule has 7 nitrogen and oxygen atoms in total. The maximum atomic E-state index is 11.1. The number of amides is 1. The van der Waals surface area contributed by atoms with Gasteiger partial charge in [0.05, 0.1) is 15.7 Å². The van der Waals surface area contributed by atoms with E-state index in [-0.39, 0.29) is 0 Å². The number of carbonyl (C=O) groups is 1. The second-order valence-corrected chi connectivity index (χ2v) is 5.58. The fourth-order valence-electron chi connectivity index (χ4n) is 1.84. The molecule has 2 heterocycles. The van der Waals surface area contributed by atoms with Crippen LogP contribution in [0.1, 0.15) is 6.92 Å². The molecule has 0 aliphatic heterocycles. The first-order chi connectivity index (χ1) is 10.6. The van der Waals surface area contributed by atoms with Crippen molar-refractivity contribution in [2.75, 3.05) is 10.6 Å². The molecule has 2 aromatic heterocycles. The van der Waals surface area contributed by atoms with Crippen molar-refractivity contribution >= 4 is 44.9 Å². The largest absolute Gasteiger partial charge is 0.368 e. The number of hydrogen-bond acceptors (Lipinski definition) is 7. The zero-order valence-electron chi connectivity index (χ0n) is 11.8. The monoisotopic (exact) mass is 314 g/mol. The van der Waals surface area contributed by atoms with Crippen LogP contribution in [0.25, 0.3) is 10.2 Å². The third-order valence-corrected chi connectivity index (χ3v) is 3.82. The summed E-state index contributed by atoms with van der Waals surface area (Å²) in [6.45, 7) is 1.66. The van der Waals surface area contributed by atoms with Crippen LogP contribution in [0.15, 0.2) is 36.0 Å². The summed E-state index contributed by atoms with van der Waals surface area (Å²) < 4.78 is 1.10. The lowest BCUT2D eigenvalue weighted by Crippen LogP contribution is -2.33. The molecule has 1 atom stereocenters. The molecular formula is C14H14N6OS. The van der Waals surface area contributed by atoms with Gasteiger partial charge in [0.25, 0.3) is 0 Å². The molecule has 0 bridgehead atoms. The average molecular weight is 314 g/mol. The Morgan fingerprint density at radius 2 is 2.18 bits per heavy atom.